The fraction of sp³-hybridized carbons (Fsp3) is 0.594. The quantitative estimate of drug-likeness (QED) is 0.343. The lowest BCUT2D eigenvalue weighted by atomic mass is 9.72. The van der Waals surface area contributed by atoms with Crippen LogP contribution in [0.5, 0.6) is 0 Å². The standard InChI is InChI=1S/C32H48N4O4S/c1-32(2,3)34-31(38)30-20-25-13-7-8-14-26(25)21-35(30)22-28(37)23-36(19-9-12-24-10-5-4-6-11-24)41(39,40)29-17-15-27(33)16-18-29/h4-6,10-11,15-18,25-26,28,30,37H,7-9,12-14,19-23,33H2,1-3H3,(H,34,38)/t25-,26+,28+,30-/m0/s1. The summed E-state index contributed by atoms with van der Waals surface area (Å²) in [5, 5.41) is 14.5. The summed E-state index contributed by atoms with van der Waals surface area (Å²) in [7, 11) is -3.86. The van der Waals surface area contributed by atoms with E-state index in [-0.39, 0.29) is 42.0 Å². The molecule has 8 nitrogen and oxygen atoms in total. The number of hydrogen-bond acceptors (Lipinski definition) is 6. The highest BCUT2D eigenvalue weighted by Gasteiger charge is 2.41. The van der Waals surface area contributed by atoms with Crippen LogP contribution >= 0.6 is 0 Å². The number of aliphatic hydroxyl groups is 1. The Kier molecular flexibility index (Phi) is 10.5. The number of aryl methyl sites for hydroxylation is 1. The third-order valence-electron chi connectivity index (χ3n) is 8.40. The van der Waals surface area contributed by atoms with E-state index in [4.69, 9.17) is 5.73 Å². The zero-order chi connectivity index (χ0) is 29.6. The van der Waals surface area contributed by atoms with Crippen molar-refractivity contribution in [2.24, 2.45) is 11.8 Å². The molecule has 4 N–H and O–H groups in total. The van der Waals surface area contributed by atoms with Crippen LogP contribution in [-0.2, 0) is 21.2 Å². The lowest BCUT2D eigenvalue weighted by Crippen LogP contribution is -2.59. The molecule has 1 amide bonds. The summed E-state index contributed by atoms with van der Waals surface area (Å²) in [5.74, 6) is 1.02. The molecule has 2 fully saturated rings. The average molecular weight is 585 g/mol. The molecule has 1 saturated heterocycles. The molecule has 226 valence electrons. The number of carbonyl (C=O) groups excluding carboxylic acids is 1. The van der Waals surface area contributed by atoms with Crippen molar-refractivity contribution in [1.82, 2.24) is 14.5 Å². The van der Waals surface area contributed by atoms with Crippen molar-refractivity contribution in [3.8, 4) is 0 Å². The SMILES string of the molecule is CC(C)(C)NC(=O)[C@@H]1C[C@@H]2CCCC[C@@H]2CN1C[C@@H](O)CN(CCCc1ccccc1)S(=O)(=O)c1ccc(N)cc1. The Morgan fingerprint density at radius 1 is 1.07 bits per heavy atom. The largest absolute Gasteiger partial charge is 0.399 e. The zero-order valence-electron chi connectivity index (χ0n) is 24.8. The van der Waals surface area contributed by atoms with Crippen LogP contribution < -0.4 is 11.1 Å². The first-order chi connectivity index (χ1) is 19.4. The summed E-state index contributed by atoms with van der Waals surface area (Å²) in [6.45, 7) is 7.17. The fourth-order valence-electron chi connectivity index (χ4n) is 6.39. The van der Waals surface area contributed by atoms with E-state index in [2.05, 4.69) is 10.2 Å². The van der Waals surface area contributed by atoms with Crippen molar-refractivity contribution in [3.05, 3.63) is 60.2 Å². The second-order valence-electron chi connectivity index (χ2n) is 12.9. The summed E-state index contributed by atoms with van der Waals surface area (Å²) in [5.41, 5.74) is 7.09. The number of rotatable bonds is 11. The predicted molar refractivity (Wildman–Crippen MR) is 164 cm³/mol. The number of nitrogens with one attached hydrogen (secondary N) is 1. The molecule has 1 aliphatic carbocycles. The van der Waals surface area contributed by atoms with Gasteiger partial charge in [0.15, 0.2) is 0 Å². The van der Waals surface area contributed by atoms with Gasteiger partial charge in [0.1, 0.15) is 0 Å². The number of hydrogen-bond donors (Lipinski definition) is 3. The number of nitrogen functional groups attached to an aromatic ring is 1. The van der Waals surface area contributed by atoms with Gasteiger partial charge in [0.25, 0.3) is 0 Å². The van der Waals surface area contributed by atoms with Crippen molar-refractivity contribution < 1.29 is 18.3 Å². The van der Waals surface area contributed by atoms with E-state index in [1.54, 1.807) is 12.1 Å². The van der Waals surface area contributed by atoms with Crippen molar-refractivity contribution in [1.29, 1.82) is 0 Å². The second-order valence-corrected chi connectivity index (χ2v) is 14.9. The summed E-state index contributed by atoms with van der Waals surface area (Å²) >= 11 is 0. The van der Waals surface area contributed by atoms with E-state index >= 15 is 0 Å². The zero-order valence-corrected chi connectivity index (χ0v) is 25.7. The Labute approximate surface area is 246 Å². The number of benzene rings is 2. The fourth-order valence-corrected chi connectivity index (χ4v) is 7.91. The third-order valence-corrected chi connectivity index (χ3v) is 10.3. The maximum atomic E-state index is 13.7. The number of likely N-dealkylation sites (tertiary alicyclic amines) is 1. The van der Waals surface area contributed by atoms with Crippen molar-refractivity contribution >= 4 is 21.6 Å². The highest BCUT2D eigenvalue weighted by atomic mass is 32.2. The molecule has 1 heterocycles. The van der Waals surface area contributed by atoms with Crippen LogP contribution in [0.25, 0.3) is 0 Å². The van der Waals surface area contributed by atoms with E-state index in [1.807, 2.05) is 51.1 Å². The first kappa shape index (κ1) is 31.5. The van der Waals surface area contributed by atoms with Crippen LogP contribution in [0.4, 0.5) is 5.69 Å². The van der Waals surface area contributed by atoms with Crippen molar-refractivity contribution in [2.45, 2.75) is 88.3 Å². The van der Waals surface area contributed by atoms with Crippen molar-refractivity contribution in [3.63, 3.8) is 0 Å². The van der Waals surface area contributed by atoms with Gasteiger partial charge in [0.05, 0.1) is 17.0 Å². The number of carbonyl (C=O) groups is 1. The minimum absolute atomic E-state index is 0.0112. The molecule has 0 spiro atoms. The first-order valence-electron chi connectivity index (χ1n) is 15.1. The number of piperidine rings is 1. The molecule has 4 rings (SSSR count). The molecular formula is C32H48N4O4S. The van der Waals surface area contributed by atoms with E-state index < -0.39 is 16.1 Å². The lowest BCUT2D eigenvalue weighted by molar-refractivity contribution is -0.132. The van der Waals surface area contributed by atoms with Gasteiger partial charge < -0.3 is 16.2 Å². The molecule has 0 aromatic heterocycles. The molecule has 4 atom stereocenters. The first-order valence-corrected chi connectivity index (χ1v) is 16.5. The Hall–Kier alpha value is -2.46. The molecule has 0 unspecified atom stereocenters. The van der Waals surface area contributed by atoms with Crippen LogP contribution in [0.3, 0.4) is 0 Å². The van der Waals surface area contributed by atoms with Crippen molar-refractivity contribution in [2.75, 3.05) is 31.9 Å². The van der Waals surface area contributed by atoms with Gasteiger partial charge in [-0.2, -0.15) is 4.31 Å². The Bertz CT molecular complexity index is 1230. The summed E-state index contributed by atoms with van der Waals surface area (Å²) in [6, 6.07) is 15.8. The number of fused-ring (bicyclic) bond motifs is 1. The topological polar surface area (TPSA) is 116 Å². The Morgan fingerprint density at radius 3 is 2.39 bits per heavy atom. The molecule has 0 radical (unpaired) electrons. The molecule has 1 saturated carbocycles. The average Bonchev–Trinajstić information content (AvgIpc) is 2.92. The molecule has 0 bridgehead atoms. The number of aliphatic hydroxyl groups excluding tert-OH is 1. The maximum Gasteiger partial charge on any atom is 0.243 e. The maximum absolute atomic E-state index is 13.7. The lowest BCUT2D eigenvalue weighted by Gasteiger charge is -2.46. The molecule has 1 aliphatic heterocycles. The van der Waals surface area contributed by atoms with Crippen LogP contribution in [-0.4, -0.2) is 72.5 Å². The number of β-amino-alcohol motifs (C(OH)–C–C–N with tert-alkyl or cyclic N) is 1. The van der Waals surface area contributed by atoms with Gasteiger partial charge in [-0.15, -0.1) is 0 Å². The molecule has 41 heavy (non-hydrogen) atoms. The summed E-state index contributed by atoms with van der Waals surface area (Å²) in [6.07, 6.45) is 5.88. The van der Waals surface area contributed by atoms with Gasteiger partial charge >= 0.3 is 0 Å². The predicted octanol–water partition coefficient (Wildman–Crippen LogP) is 4.05. The third kappa shape index (κ3) is 8.77. The molecule has 9 heteroatoms. The van der Waals surface area contributed by atoms with E-state index in [9.17, 15) is 18.3 Å². The monoisotopic (exact) mass is 584 g/mol. The summed E-state index contributed by atoms with van der Waals surface area (Å²) < 4.78 is 28.8. The van der Waals surface area contributed by atoms with Gasteiger partial charge in [0, 0.05) is 37.4 Å². The van der Waals surface area contributed by atoms with Gasteiger partial charge in [-0.05, 0) is 88.1 Å². The number of amides is 1. The molecule has 2 aromatic rings. The smallest absolute Gasteiger partial charge is 0.243 e. The molecular weight excluding hydrogens is 536 g/mol. The Morgan fingerprint density at radius 2 is 1.73 bits per heavy atom. The van der Waals surface area contributed by atoms with Gasteiger partial charge in [-0.3, -0.25) is 9.69 Å². The van der Waals surface area contributed by atoms with E-state index in [1.165, 1.54) is 29.3 Å². The number of nitrogens with two attached hydrogens (primary N) is 1. The van der Waals surface area contributed by atoms with E-state index in [0.29, 0.717) is 23.9 Å². The second kappa shape index (κ2) is 13.7. The van der Waals surface area contributed by atoms with Crippen LogP contribution in [0, 0.1) is 11.8 Å². The normalized spacial score (nSPS) is 22.7. The molecule has 2 aliphatic rings. The van der Waals surface area contributed by atoms with Crippen LogP contribution in [0.15, 0.2) is 59.5 Å². The van der Waals surface area contributed by atoms with Crippen LogP contribution in [0.1, 0.15) is 64.9 Å². The summed E-state index contributed by atoms with van der Waals surface area (Å²) in [4.78, 5) is 15.7. The number of sulfonamides is 1. The highest BCUT2D eigenvalue weighted by molar-refractivity contribution is 7.89. The van der Waals surface area contributed by atoms with Gasteiger partial charge in [0.2, 0.25) is 15.9 Å². The van der Waals surface area contributed by atoms with Gasteiger partial charge in [-0.1, -0.05) is 49.6 Å². The minimum Gasteiger partial charge on any atom is -0.399 e. The van der Waals surface area contributed by atoms with E-state index in [0.717, 1.165) is 37.8 Å². The Balaban J connectivity index is 1.50. The van der Waals surface area contributed by atoms with Gasteiger partial charge in [-0.25, -0.2) is 8.42 Å². The molecule has 2 aromatic carbocycles. The highest BCUT2D eigenvalue weighted by Crippen LogP contribution is 2.39. The van der Waals surface area contributed by atoms with Crippen LogP contribution in [0.2, 0.25) is 0 Å². The number of nitrogens with zero attached hydrogens (tertiary/aromatic N) is 2. The number of anilines is 1. The minimum atomic E-state index is -3.86.